The summed E-state index contributed by atoms with van der Waals surface area (Å²) in [4.78, 5) is 0. The van der Waals surface area contributed by atoms with E-state index >= 15 is 0 Å². The largest absolute Gasteiger partial charge is 0.393 e. The van der Waals surface area contributed by atoms with Gasteiger partial charge in [-0.1, -0.05) is 27.2 Å². The van der Waals surface area contributed by atoms with E-state index in [9.17, 15) is 5.11 Å². The van der Waals surface area contributed by atoms with Gasteiger partial charge in [0.15, 0.2) is 0 Å². The van der Waals surface area contributed by atoms with Crippen LogP contribution in [0.5, 0.6) is 0 Å². The van der Waals surface area contributed by atoms with Gasteiger partial charge in [-0.15, -0.1) is 0 Å². The van der Waals surface area contributed by atoms with Crippen molar-refractivity contribution in [1.29, 1.82) is 0 Å². The molecule has 0 aromatic heterocycles. The first-order valence-corrected chi connectivity index (χ1v) is 4.74. The molecule has 0 radical (unpaired) electrons. The van der Waals surface area contributed by atoms with Crippen molar-refractivity contribution < 1.29 is 5.11 Å². The summed E-state index contributed by atoms with van der Waals surface area (Å²) in [5.74, 6) is 0.728. The van der Waals surface area contributed by atoms with E-state index in [1.165, 1.54) is 12.8 Å². The summed E-state index contributed by atoms with van der Waals surface area (Å²) in [7, 11) is 0. The molecule has 2 atom stereocenters. The molecule has 1 aliphatic rings. The van der Waals surface area contributed by atoms with Gasteiger partial charge in [0.25, 0.3) is 0 Å². The average molecular weight is 156 g/mol. The molecule has 11 heavy (non-hydrogen) atoms. The lowest BCUT2D eigenvalue weighted by Crippen LogP contribution is -2.33. The average Bonchev–Trinajstić information content (AvgIpc) is 1.94. The van der Waals surface area contributed by atoms with Gasteiger partial charge in [-0.25, -0.2) is 0 Å². The van der Waals surface area contributed by atoms with E-state index in [-0.39, 0.29) is 6.10 Å². The fourth-order valence-corrected chi connectivity index (χ4v) is 2.23. The second-order valence-corrected chi connectivity index (χ2v) is 4.52. The normalized spacial score (nSPS) is 37.1. The monoisotopic (exact) mass is 156 g/mol. The summed E-state index contributed by atoms with van der Waals surface area (Å²) in [5, 5.41) is 9.44. The van der Waals surface area contributed by atoms with Crippen LogP contribution in [0.2, 0.25) is 0 Å². The highest BCUT2D eigenvalue weighted by molar-refractivity contribution is 4.85. The number of aliphatic hydroxyl groups excluding tert-OH is 1. The molecule has 0 bridgehead atoms. The predicted octanol–water partition coefficient (Wildman–Crippen LogP) is 2.58. The molecule has 0 aromatic carbocycles. The Hall–Kier alpha value is -0.0400. The molecule has 2 unspecified atom stereocenters. The zero-order valence-electron chi connectivity index (χ0n) is 7.93. The Bertz CT molecular complexity index is 129. The molecular formula is C10H20O. The Morgan fingerprint density at radius 1 is 1.45 bits per heavy atom. The van der Waals surface area contributed by atoms with Crippen LogP contribution in [0, 0.1) is 11.3 Å². The first-order valence-electron chi connectivity index (χ1n) is 4.74. The van der Waals surface area contributed by atoms with Gasteiger partial charge in [0.05, 0.1) is 6.10 Å². The summed E-state index contributed by atoms with van der Waals surface area (Å²) in [6.45, 7) is 6.88. The van der Waals surface area contributed by atoms with Crippen molar-refractivity contribution in [2.45, 2.75) is 52.6 Å². The zero-order chi connectivity index (χ0) is 8.48. The molecule has 1 nitrogen and oxygen atoms in total. The molecule has 0 aromatic rings. The molecule has 1 heteroatoms. The van der Waals surface area contributed by atoms with Crippen molar-refractivity contribution in [1.82, 2.24) is 0 Å². The van der Waals surface area contributed by atoms with Crippen LogP contribution in [-0.2, 0) is 0 Å². The van der Waals surface area contributed by atoms with E-state index in [0.29, 0.717) is 5.41 Å². The molecule has 0 saturated heterocycles. The van der Waals surface area contributed by atoms with Crippen molar-refractivity contribution in [2.24, 2.45) is 11.3 Å². The zero-order valence-corrected chi connectivity index (χ0v) is 7.93. The van der Waals surface area contributed by atoms with E-state index in [1.807, 2.05) is 0 Å². The summed E-state index contributed by atoms with van der Waals surface area (Å²) in [5.41, 5.74) is 0.466. The van der Waals surface area contributed by atoms with Gasteiger partial charge >= 0.3 is 0 Å². The molecule has 1 aliphatic carbocycles. The SMILES string of the molecule is CCC1CC(O)CCC1(C)C. The lowest BCUT2D eigenvalue weighted by molar-refractivity contribution is 0.0268. The maximum absolute atomic E-state index is 9.44. The number of hydrogen-bond acceptors (Lipinski definition) is 1. The Morgan fingerprint density at radius 2 is 2.09 bits per heavy atom. The second-order valence-electron chi connectivity index (χ2n) is 4.52. The summed E-state index contributed by atoms with van der Waals surface area (Å²) < 4.78 is 0. The third-order valence-electron chi connectivity index (χ3n) is 3.28. The van der Waals surface area contributed by atoms with E-state index in [4.69, 9.17) is 0 Å². The van der Waals surface area contributed by atoms with Crippen molar-refractivity contribution in [3.63, 3.8) is 0 Å². The number of hydrogen-bond donors (Lipinski definition) is 1. The number of aliphatic hydroxyl groups is 1. The van der Waals surface area contributed by atoms with Crippen LogP contribution in [0.3, 0.4) is 0 Å². The van der Waals surface area contributed by atoms with E-state index in [0.717, 1.165) is 18.8 Å². The number of rotatable bonds is 1. The van der Waals surface area contributed by atoms with Crippen LogP contribution in [0.4, 0.5) is 0 Å². The van der Waals surface area contributed by atoms with Crippen molar-refractivity contribution in [3.8, 4) is 0 Å². The Kier molecular flexibility index (Phi) is 2.58. The Balaban J connectivity index is 2.56. The molecule has 1 rings (SSSR count). The topological polar surface area (TPSA) is 20.2 Å². The summed E-state index contributed by atoms with van der Waals surface area (Å²) in [6.07, 6.45) is 4.40. The van der Waals surface area contributed by atoms with Gasteiger partial charge in [-0.2, -0.15) is 0 Å². The molecule has 1 fully saturated rings. The Morgan fingerprint density at radius 3 is 2.55 bits per heavy atom. The van der Waals surface area contributed by atoms with Crippen LogP contribution >= 0.6 is 0 Å². The van der Waals surface area contributed by atoms with E-state index in [1.54, 1.807) is 0 Å². The minimum absolute atomic E-state index is 0.0204. The fraction of sp³-hybridized carbons (Fsp3) is 1.00. The van der Waals surface area contributed by atoms with Gasteiger partial charge in [0.2, 0.25) is 0 Å². The standard InChI is InChI=1S/C10H20O/c1-4-8-7-9(11)5-6-10(8,2)3/h8-9,11H,4-7H2,1-3H3. The lowest BCUT2D eigenvalue weighted by atomic mass is 9.67. The smallest absolute Gasteiger partial charge is 0.0543 e. The molecule has 0 amide bonds. The van der Waals surface area contributed by atoms with Gasteiger partial charge in [0.1, 0.15) is 0 Å². The van der Waals surface area contributed by atoms with Crippen LogP contribution in [0.1, 0.15) is 46.5 Å². The molecule has 0 aliphatic heterocycles. The molecule has 0 spiro atoms. The maximum atomic E-state index is 9.44. The van der Waals surface area contributed by atoms with Crippen LogP contribution in [-0.4, -0.2) is 11.2 Å². The van der Waals surface area contributed by atoms with Crippen LogP contribution < -0.4 is 0 Å². The van der Waals surface area contributed by atoms with Crippen LogP contribution in [0.25, 0.3) is 0 Å². The lowest BCUT2D eigenvalue weighted by Gasteiger charge is -2.40. The second kappa shape index (κ2) is 3.14. The first-order chi connectivity index (χ1) is 5.06. The molecular weight excluding hydrogens is 136 g/mol. The minimum atomic E-state index is -0.0204. The van der Waals surface area contributed by atoms with Gasteiger partial charge in [-0.05, 0) is 30.6 Å². The fourth-order valence-electron chi connectivity index (χ4n) is 2.23. The van der Waals surface area contributed by atoms with E-state index < -0.39 is 0 Å². The summed E-state index contributed by atoms with van der Waals surface area (Å²) >= 11 is 0. The highest BCUT2D eigenvalue weighted by atomic mass is 16.3. The highest BCUT2D eigenvalue weighted by Crippen LogP contribution is 2.42. The van der Waals surface area contributed by atoms with Crippen molar-refractivity contribution >= 4 is 0 Å². The van der Waals surface area contributed by atoms with Gasteiger partial charge in [-0.3, -0.25) is 0 Å². The molecule has 1 N–H and O–H groups in total. The van der Waals surface area contributed by atoms with Gasteiger partial charge < -0.3 is 5.11 Å². The third-order valence-corrected chi connectivity index (χ3v) is 3.28. The van der Waals surface area contributed by atoms with Crippen molar-refractivity contribution in [2.75, 3.05) is 0 Å². The van der Waals surface area contributed by atoms with E-state index in [2.05, 4.69) is 20.8 Å². The minimum Gasteiger partial charge on any atom is -0.393 e. The maximum Gasteiger partial charge on any atom is 0.0543 e. The summed E-state index contributed by atoms with van der Waals surface area (Å²) in [6, 6.07) is 0. The quantitative estimate of drug-likeness (QED) is 0.618. The van der Waals surface area contributed by atoms with Gasteiger partial charge in [0, 0.05) is 0 Å². The molecule has 66 valence electrons. The molecule has 1 saturated carbocycles. The van der Waals surface area contributed by atoms with Crippen molar-refractivity contribution in [3.05, 3.63) is 0 Å². The first kappa shape index (κ1) is 9.05. The predicted molar refractivity (Wildman–Crippen MR) is 47.4 cm³/mol. The molecule has 0 heterocycles. The Labute approximate surface area is 69.8 Å². The third kappa shape index (κ3) is 1.96. The van der Waals surface area contributed by atoms with Crippen LogP contribution in [0.15, 0.2) is 0 Å². The highest BCUT2D eigenvalue weighted by Gasteiger charge is 2.34.